The first-order chi connectivity index (χ1) is 18.7. The normalized spacial score (nSPS) is 31.1. The Labute approximate surface area is 265 Å². The van der Waals surface area contributed by atoms with Gasteiger partial charge in [-0.2, -0.15) is 0 Å². The van der Waals surface area contributed by atoms with Crippen molar-refractivity contribution in [1.29, 1.82) is 0 Å². The molecular weight excluding hydrogens is 554 g/mol. The van der Waals surface area contributed by atoms with Gasteiger partial charge in [0.05, 0.1) is 22.5 Å². The monoisotopic (exact) mass is 591 g/mol. The van der Waals surface area contributed by atoms with E-state index in [2.05, 4.69) is 44.7 Å². The molecule has 0 radical (unpaired) electrons. The van der Waals surface area contributed by atoms with Crippen LogP contribution in [0.2, 0.25) is 0 Å². The molecule has 11 heteroatoms. The van der Waals surface area contributed by atoms with E-state index in [1.165, 1.54) is 6.33 Å². The minimum Gasteiger partial charge on any atom is -0.491 e. The number of nitrogens with two attached hydrogens (primary N) is 1. The van der Waals surface area contributed by atoms with Crippen molar-refractivity contribution in [2.45, 2.75) is 62.7 Å². The average Bonchev–Trinajstić information content (AvgIpc) is 3.55. The molecule has 4 aliphatic rings. The molecule has 3 aromatic rings. The second kappa shape index (κ2) is 10.7. The molecule has 2 N–H and O–H groups in total. The van der Waals surface area contributed by atoms with Crippen LogP contribution in [0, 0.1) is 43.7 Å². The third-order valence-electron chi connectivity index (χ3n) is 9.53. The summed E-state index contributed by atoms with van der Waals surface area (Å²) in [7, 11) is -2.85. The standard InChI is InChI=1S/C29H37N5O4S.Ar/c1-28-5-7-29(38-28,8-6-28)18-37-23-4-2-3-21(15-23)24-17-34(27-25(24)26(30)31-19-32-27)22-13-20(14-22)16-33-9-11-39(35,36)12-10-33;/h2-4,15,17,19-20,22H,5-14,16,18H2,1H3,(H2,30,31,32);. The molecule has 2 aromatic heterocycles. The molecule has 1 aliphatic carbocycles. The summed E-state index contributed by atoms with van der Waals surface area (Å²) in [4.78, 5) is 11.2. The maximum Gasteiger partial charge on any atom is 0.152 e. The number of sulfone groups is 1. The summed E-state index contributed by atoms with van der Waals surface area (Å²) >= 11 is 0. The van der Waals surface area contributed by atoms with Crippen molar-refractivity contribution >= 4 is 26.7 Å². The number of rotatable bonds is 7. The van der Waals surface area contributed by atoms with Crippen LogP contribution in [0.3, 0.4) is 0 Å². The third-order valence-corrected chi connectivity index (χ3v) is 11.1. The van der Waals surface area contributed by atoms with Crippen LogP contribution in [-0.4, -0.2) is 76.8 Å². The molecule has 9 nitrogen and oxygen atoms in total. The predicted octanol–water partition coefficient (Wildman–Crippen LogP) is 3.84. The molecule has 3 aliphatic heterocycles. The van der Waals surface area contributed by atoms with Gasteiger partial charge in [-0.25, -0.2) is 18.4 Å². The summed E-state index contributed by atoms with van der Waals surface area (Å²) in [6.07, 6.45) is 10.1. The first-order valence-electron chi connectivity index (χ1n) is 14.2. The van der Waals surface area contributed by atoms with E-state index in [0.29, 0.717) is 37.5 Å². The second-order valence-electron chi connectivity index (χ2n) is 12.4. The van der Waals surface area contributed by atoms with E-state index < -0.39 is 9.84 Å². The Bertz CT molecular complexity index is 1500. The van der Waals surface area contributed by atoms with Gasteiger partial charge in [0, 0.05) is 75.2 Å². The zero-order valence-electron chi connectivity index (χ0n) is 22.9. The van der Waals surface area contributed by atoms with Gasteiger partial charge in [-0.05, 0) is 69.1 Å². The number of nitrogens with zero attached hydrogens (tertiary/aromatic N) is 4. The van der Waals surface area contributed by atoms with Gasteiger partial charge in [0.1, 0.15) is 35.7 Å². The van der Waals surface area contributed by atoms with Crippen molar-refractivity contribution in [3.8, 4) is 16.9 Å². The van der Waals surface area contributed by atoms with Gasteiger partial charge in [0.15, 0.2) is 9.84 Å². The number of benzene rings is 1. The first kappa shape index (κ1) is 28.7. The fraction of sp³-hybridized carbons (Fsp3) is 0.586. The molecule has 0 atom stereocenters. The van der Waals surface area contributed by atoms with E-state index in [9.17, 15) is 8.42 Å². The zero-order chi connectivity index (χ0) is 26.8. The van der Waals surface area contributed by atoms with Gasteiger partial charge in [-0.1, -0.05) is 12.1 Å². The van der Waals surface area contributed by atoms with Gasteiger partial charge < -0.3 is 24.7 Å². The smallest absolute Gasteiger partial charge is 0.152 e. The van der Waals surface area contributed by atoms with Crippen LogP contribution in [0.25, 0.3) is 22.2 Å². The Morgan fingerprint density at radius 1 is 1.12 bits per heavy atom. The molecule has 0 unspecified atom stereocenters. The molecule has 2 bridgehead atoms. The van der Waals surface area contributed by atoms with E-state index in [1.54, 1.807) is 0 Å². The maximum absolute atomic E-state index is 11.8. The Morgan fingerprint density at radius 2 is 1.88 bits per heavy atom. The molecule has 7 rings (SSSR count). The largest absolute Gasteiger partial charge is 0.491 e. The van der Waals surface area contributed by atoms with Crippen molar-refractivity contribution in [3.63, 3.8) is 0 Å². The van der Waals surface area contributed by atoms with Crippen molar-refractivity contribution in [1.82, 2.24) is 19.4 Å². The number of nitrogen functional groups attached to an aromatic ring is 1. The Balaban J connectivity index is 0.00000289. The van der Waals surface area contributed by atoms with Gasteiger partial charge in [0.2, 0.25) is 0 Å². The SMILES string of the molecule is CC12CCC(COc3cccc(-c4cn(C5CC(CN6CCS(=O)(=O)CC6)C5)c5ncnc(N)c45)c3)(CC1)O2.[Ar]. The minimum atomic E-state index is -2.85. The third kappa shape index (κ3) is 5.40. The molecule has 216 valence electrons. The number of anilines is 1. The predicted molar refractivity (Wildman–Crippen MR) is 150 cm³/mol. The van der Waals surface area contributed by atoms with E-state index in [-0.39, 0.29) is 60.4 Å². The Morgan fingerprint density at radius 3 is 2.58 bits per heavy atom. The Hall–Kier alpha value is -1.43. The molecule has 3 saturated heterocycles. The van der Waals surface area contributed by atoms with Gasteiger partial charge in [0.25, 0.3) is 0 Å². The fourth-order valence-corrected chi connectivity index (χ4v) is 8.36. The van der Waals surface area contributed by atoms with Crippen molar-refractivity contribution in [2.75, 3.05) is 43.5 Å². The average molecular weight is 592 g/mol. The zero-order valence-corrected chi connectivity index (χ0v) is 24.4. The molecular formula is C29H37ArN5O4S. The number of hydrogen-bond acceptors (Lipinski definition) is 8. The molecule has 1 saturated carbocycles. The number of ether oxygens (including phenoxy) is 2. The fourth-order valence-electron chi connectivity index (χ4n) is 7.08. The molecule has 4 fully saturated rings. The van der Waals surface area contributed by atoms with Crippen LogP contribution < -0.4 is 10.5 Å². The second-order valence-corrected chi connectivity index (χ2v) is 14.7. The quantitative estimate of drug-likeness (QED) is 0.441. The van der Waals surface area contributed by atoms with Crippen LogP contribution in [-0.2, 0) is 14.6 Å². The minimum absolute atomic E-state index is 0. The van der Waals surface area contributed by atoms with E-state index in [0.717, 1.165) is 73.0 Å². The maximum atomic E-state index is 11.8. The summed E-state index contributed by atoms with van der Waals surface area (Å²) in [6.45, 7) is 5.04. The van der Waals surface area contributed by atoms with E-state index in [4.69, 9.17) is 15.2 Å². The summed E-state index contributed by atoms with van der Waals surface area (Å²) in [6, 6.07) is 8.54. The number of hydrogen-bond donors (Lipinski definition) is 1. The van der Waals surface area contributed by atoms with Gasteiger partial charge >= 0.3 is 0 Å². The van der Waals surface area contributed by atoms with Crippen LogP contribution in [0.4, 0.5) is 5.82 Å². The Kier molecular flexibility index (Phi) is 7.66. The topological polar surface area (TPSA) is 113 Å². The molecule has 5 heterocycles. The first-order valence-corrected chi connectivity index (χ1v) is 16.0. The van der Waals surface area contributed by atoms with E-state index >= 15 is 0 Å². The molecule has 1 aromatic carbocycles. The molecule has 40 heavy (non-hydrogen) atoms. The van der Waals surface area contributed by atoms with Crippen LogP contribution in [0.15, 0.2) is 36.8 Å². The van der Waals surface area contributed by atoms with Crippen LogP contribution in [0.1, 0.15) is 51.5 Å². The summed E-state index contributed by atoms with van der Waals surface area (Å²) in [5.74, 6) is 2.42. The molecule has 0 spiro atoms. The van der Waals surface area contributed by atoms with Crippen LogP contribution >= 0.6 is 0 Å². The molecule has 0 amide bonds. The number of aromatic nitrogens is 3. The van der Waals surface area contributed by atoms with E-state index in [1.807, 2.05) is 12.1 Å². The summed E-state index contributed by atoms with van der Waals surface area (Å²) in [5, 5.41) is 0.878. The van der Waals surface area contributed by atoms with Crippen molar-refractivity contribution in [3.05, 3.63) is 36.8 Å². The number of fused-ring (bicyclic) bond motifs is 3. The summed E-state index contributed by atoms with van der Waals surface area (Å²) < 4.78 is 38.5. The van der Waals surface area contributed by atoms with Crippen molar-refractivity contribution < 1.29 is 55.6 Å². The van der Waals surface area contributed by atoms with Crippen LogP contribution in [0.5, 0.6) is 5.75 Å². The van der Waals surface area contributed by atoms with Gasteiger partial charge in [-0.3, -0.25) is 0 Å². The van der Waals surface area contributed by atoms with Gasteiger partial charge in [-0.15, -0.1) is 0 Å². The summed E-state index contributed by atoms with van der Waals surface area (Å²) in [5.41, 5.74) is 9.19. The van der Waals surface area contributed by atoms with Crippen molar-refractivity contribution in [2.24, 2.45) is 5.92 Å².